The van der Waals surface area contributed by atoms with E-state index in [2.05, 4.69) is 19.1 Å². The number of aromatic hydroxyl groups is 1. The molecule has 6 atom stereocenters. The van der Waals surface area contributed by atoms with Crippen LogP contribution < -0.4 is 5.56 Å². The highest BCUT2D eigenvalue weighted by molar-refractivity contribution is 6.02. The first kappa shape index (κ1) is 20.1. The first-order valence-electron chi connectivity index (χ1n) is 10.9. The van der Waals surface area contributed by atoms with Gasteiger partial charge in [0.15, 0.2) is 5.78 Å². The van der Waals surface area contributed by atoms with Gasteiger partial charge in [-0.3, -0.25) is 9.59 Å². The second-order valence-corrected chi connectivity index (χ2v) is 9.37. The summed E-state index contributed by atoms with van der Waals surface area (Å²) in [5.41, 5.74) is 0.444. The number of aliphatic hydroxyl groups is 1. The maximum atomic E-state index is 13.7. The lowest BCUT2D eigenvalue weighted by molar-refractivity contribution is 0.0766. The zero-order valence-corrected chi connectivity index (χ0v) is 17.6. The van der Waals surface area contributed by atoms with Crippen molar-refractivity contribution in [3.63, 3.8) is 0 Å². The molecule has 164 valence electrons. The molecule has 7 heteroatoms. The average molecular weight is 425 g/mol. The number of aliphatic hydroxyl groups excluding tert-OH is 1. The van der Waals surface area contributed by atoms with Crippen LogP contribution in [-0.4, -0.2) is 38.1 Å². The van der Waals surface area contributed by atoms with Crippen molar-refractivity contribution in [1.82, 2.24) is 4.73 Å². The van der Waals surface area contributed by atoms with E-state index >= 15 is 0 Å². The topological polar surface area (TPSA) is 112 Å². The molecule has 1 aliphatic heterocycles. The molecule has 3 N–H and O–H groups in total. The van der Waals surface area contributed by atoms with E-state index in [0.29, 0.717) is 23.1 Å². The number of pyridine rings is 1. The van der Waals surface area contributed by atoms with Gasteiger partial charge in [0.2, 0.25) is 0 Å². The summed E-state index contributed by atoms with van der Waals surface area (Å²) in [4.78, 5) is 26.5. The summed E-state index contributed by atoms with van der Waals surface area (Å²) in [5.74, 6) is -1.26. The summed E-state index contributed by atoms with van der Waals surface area (Å²) in [7, 11) is 0. The van der Waals surface area contributed by atoms with Crippen LogP contribution in [0.1, 0.15) is 55.5 Å². The summed E-state index contributed by atoms with van der Waals surface area (Å²) in [6, 6.07) is 0. The number of epoxide rings is 1. The predicted octanol–water partition coefficient (Wildman–Crippen LogP) is 3.60. The molecule has 0 aromatic carbocycles. The van der Waals surface area contributed by atoms with Gasteiger partial charge in [-0.1, -0.05) is 30.7 Å². The molecule has 0 spiro atoms. The summed E-state index contributed by atoms with van der Waals surface area (Å²) in [5, 5.41) is 31.8. The largest absolute Gasteiger partial charge is 0.509 e. The summed E-state index contributed by atoms with van der Waals surface area (Å²) < 4.78 is 5.73. The minimum absolute atomic E-state index is 0.00878. The highest BCUT2D eigenvalue weighted by Crippen LogP contribution is 2.47. The smallest absolute Gasteiger partial charge is 0.297 e. The normalized spacial score (nSPS) is 34.1. The molecule has 3 aliphatic carbocycles. The van der Waals surface area contributed by atoms with E-state index < -0.39 is 34.7 Å². The van der Waals surface area contributed by atoms with Crippen molar-refractivity contribution < 1.29 is 25.0 Å². The number of aromatic nitrogens is 1. The monoisotopic (exact) mass is 425 g/mol. The first-order valence-corrected chi connectivity index (χ1v) is 10.9. The minimum Gasteiger partial charge on any atom is -0.509 e. The highest BCUT2D eigenvalue weighted by Gasteiger charge is 2.47. The van der Waals surface area contributed by atoms with Crippen LogP contribution in [0.3, 0.4) is 0 Å². The lowest BCUT2D eigenvalue weighted by atomic mass is 9.63. The second-order valence-electron chi connectivity index (χ2n) is 9.37. The number of carbonyl (C=O) groups excluding carboxylic acids is 1. The highest BCUT2D eigenvalue weighted by atomic mass is 16.6. The fourth-order valence-corrected chi connectivity index (χ4v) is 5.67. The van der Waals surface area contributed by atoms with Crippen molar-refractivity contribution in [1.29, 1.82) is 0 Å². The molecule has 1 saturated heterocycles. The Balaban J connectivity index is 1.59. The van der Waals surface area contributed by atoms with Gasteiger partial charge in [0.25, 0.3) is 5.56 Å². The fourth-order valence-electron chi connectivity index (χ4n) is 5.67. The molecule has 0 amide bonds. The van der Waals surface area contributed by atoms with Gasteiger partial charge in [0.05, 0.1) is 12.3 Å². The molecule has 1 fully saturated rings. The molecular formula is C24H27NO6. The van der Waals surface area contributed by atoms with E-state index in [4.69, 9.17) is 4.74 Å². The first-order chi connectivity index (χ1) is 14.8. The SMILES string of the molecule is CC1=CC[C@@H]2[C@@H](C(=O)c3c(O)c(C4=C(O)[C@@H]5O[C@@H]5CC4)cn(O)c3=O)[C@@H](C)C=C[C@H]2C1. The maximum absolute atomic E-state index is 13.7. The molecular weight excluding hydrogens is 398 g/mol. The Morgan fingerprint density at radius 2 is 2.03 bits per heavy atom. The number of hydrogen-bond donors (Lipinski definition) is 3. The average Bonchev–Trinajstić information content (AvgIpc) is 3.52. The van der Waals surface area contributed by atoms with Crippen molar-refractivity contribution in [3.05, 3.63) is 57.2 Å². The van der Waals surface area contributed by atoms with E-state index in [1.54, 1.807) is 0 Å². The van der Waals surface area contributed by atoms with Crippen LogP contribution in [0.4, 0.5) is 0 Å². The number of allylic oxidation sites excluding steroid dienone is 5. The lowest BCUT2D eigenvalue weighted by Gasteiger charge is -2.39. The Morgan fingerprint density at radius 1 is 1.26 bits per heavy atom. The van der Waals surface area contributed by atoms with Crippen LogP contribution in [0.25, 0.3) is 5.57 Å². The Hall–Kier alpha value is -2.80. The number of ketones is 1. The molecule has 1 aromatic heterocycles. The van der Waals surface area contributed by atoms with Gasteiger partial charge < -0.3 is 20.2 Å². The van der Waals surface area contributed by atoms with E-state index in [1.165, 1.54) is 5.57 Å². The van der Waals surface area contributed by atoms with Gasteiger partial charge in [-0.05, 0) is 50.4 Å². The van der Waals surface area contributed by atoms with Crippen molar-refractivity contribution in [2.75, 3.05) is 0 Å². The lowest BCUT2D eigenvalue weighted by Crippen LogP contribution is -2.40. The zero-order valence-electron chi connectivity index (χ0n) is 17.6. The van der Waals surface area contributed by atoms with Gasteiger partial charge in [0.1, 0.15) is 23.2 Å². The Labute approximate surface area is 179 Å². The molecule has 1 aromatic rings. The molecule has 0 saturated carbocycles. The number of rotatable bonds is 3. The molecule has 5 rings (SSSR count). The summed E-state index contributed by atoms with van der Waals surface area (Å²) >= 11 is 0. The van der Waals surface area contributed by atoms with Crippen molar-refractivity contribution >= 4 is 11.4 Å². The Kier molecular flexibility index (Phi) is 4.62. The predicted molar refractivity (Wildman–Crippen MR) is 113 cm³/mol. The van der Waals surface area contributed by atoms with Crippen LogP contribution in [0.2, 0.25) is 0 Å². The summed E-state index contributed by atoms with van der Waals surface area (Å²) in [6.45, 7) is 4.02. The molecule has 7 nitrogen and oxygen atoms in total. The van der Waals surface area contributed by atoms with Crippen LogP contribution in [-0.2, 0) is 4.74 Å². The molecule has 2 heterocycles. The molecule has 0 unspecified atom stereocenters. The van der Waals surface area contributed by atoms with Crippen molar-refractivity contribution in [2.45, 2.75) is 51.7 Å². The maximum Gasteiger partial charge on any atom is 0.297 e. The third-order valence-electron chi connectivity index (χ3n) is 7.42. The number of hydrogen-bond acceptors (Lipinski definition) is 6. The third kappa shape index (κ3) is 3.14. The third-order valence-corrected chi connectivity index (χ3v) is 7.42. The van der Waals surface area contributed by atoms with Gasteiger partial charge in [0, 0.05) is 17.1 Å². The van der Waals surface area contributed by atoms with E-state index in [-0.39, 0.29) is 35.2 Å². The van der Waals surface area contributed by atoms with E-state index in [1.807, 2.05) is 13.0 Å². The molecule has 0 bridgehead atoms. The number of carbonyl (C=O) groups is 1. The molecule has 0 radical (unpaired) electrons. The van der Waals surface area contributed by atoms with E-state index in [0.717, 1.165) is 19.0 Å². The molecule has 31 heavy (non-hydrogen) atoms. The standard InChI is InChI=1S/C24H27NO6/c1-11-3-6-14-13(9-11)5-4-12(2)18(14)22(28)19-20(26)16(10-25(30)24(19)29)15-7-8-17-23(31-17)21(15)27/h3-5,10,12-14,17-18,23,26-27,30H,6-9H2,1-2H3/t12-,13-,14-,17+,18-,23+/m0/s1. The van der Waals surface area contributed by atoms with Crippen LogP contribution in [0.5, 0.6) is 5.75 Å². The van der Waals surface area contributed by atoms with Gasteiger partial charge >= 0.3 is 0 Å². The zero-order chi connectivity index (χ0) is 22.0. The Bertz CT molecular complexity index is 1110. The summed E-state index contributed by atoms with van der Waals surface area (Å²) in [6.07, 6.45) is 9.64. The Morgan fingerprint density at radius 3 is 2.81 bits per heavy atom. The van der Waals surface area contributed by atoms with Gasteiger partial charge in [-0.2, -0.15) is 4.73 Å². The van der Waals surface area contributed by atoms with E-state index in [9.17, 15) is 25.0 Å². The second kappa shape index (κ2) is 7.12. The number of nitrogens with zero attached hydrogens (tertiary/aromatic N) is 1. The van der Waals surface area contributed by atoms with Crippen LogP contribution in [0, 0.1) is 23.7 Å². The van der Waals surface area contributed by atoms with Crippen LogP contribution in [0.15, 0.2) is 40.6 Å². The van der Waals surface area contributed by atoms with Crippen LogP contribution >= 0.6 is 0 Å². The number of ether oxygens (including phenoxy) is 1. The number of Topliss-reactive ketones (excluding diaryl/α,β-unsaturated/α-hetero) is 1. The van der Waals surface area contributed by atoms with Gasteiger partial charge in [-0.15, -0.1) is 0 Å². The minimum atomic E-state index is -0.941. The molecule has 4 aliphatic rings. The number of fused-ring (bicyclic) bond motifs is 2. The fraction of sp³-hybridized carbons (Fsp3) is 0.500. The van der Waals surface area contributed by atoms with Gasteiger partial charge in [-0.25, -0.2) is 0 Å². The quantitative estimate of drug-likeness (QED) is 0.295. The van der Waals surface area contributed by atoms with Crippen molar-refractivity contribution in [2.24, 2.45) is 23.7 Å². The van der Waals surface area contributed by atoms with Crippen molar-refractivity contribution in [3.8, 4) is 5.75 Å².